The molecule has 2 aromatic carbocycles. The van der Waals surface area contributed by atoms with Crippen molar-refractivity contribution in [1.29, 1.82) is 5.26 Å². The second-order valence-electron chi connectivity index (χ2n) is 5.49. The molecule has 2 rings (SSSR count). The molecule has 2 heteroatoms. The summed E-state index contributed by atoms with van der Waals surface area (Å²) in [6.45, 7) is 2.83. The summed E-state index contributed by atoms with van der Waals surface area (Å²) in [5, 5.41) is 8.83. The van der Waals surface area contributed by atoms with Crippen molar-refractivity contribution < 1.29 is 4.74 Å². The van der Waals surface area contributed by atoms with E-state index in [0.717, 1.165) is 23.3 Å². The number of ether oxygens (including phenoxy) is 1. The molecule has 0 aromatic heterocycles. The molecule has 0 aliphatic carbocycles. The molecular formula is C21H23NO. The Morgan fingerprint density at radius 2 is 1.57 bits per heavy atom. The zero-order valence-electron chi connectivity index (χ0n) is 13.7. The highest BCUT2D eigenvalue weighted by Gasteiger charge is 1.99. The van der Waals surface area contributed by atoms with Gasteiger partial charge in [0.2, 0.25) is 0 Å². The third-order valence-corrected chi connectivity index (χ3v) is 3.69. The van der Waals surface area contributed by atoms with Crippen LogP contribution in [0.4, 0.5) is 0 Å². The summed E-state index contributed by atoms with van der Waals surface area (Å²) in [5.74, 6) is 0.876. The summed E-state index contributed by atoms with van der Waals surface area (Å²) in [6.07, 6.45) is 9.23. The Kier molecular flexibility index (Phi) is 6.94. The minimum Gasteiger partial charge on any atom is -0.490 e. The molecule has 0 amide bonds. The van der Waals surface area contributed by atoms with Crippen molar-refractivity contribution >= 4 is 0 Å². The van der Waals surface area contributed by atoms with E-state index in [1.807, 2.05) is 48.5 Å². The van der Waals surface area contributed by atoms with E-state index < -0.39 is 0 Å². The Labute approximate surface area is 139 Å². The fraction of sp³-hybridized carbons (Fsp3) is 0.286. The molecule has 0 aliphatic rings. The molecule has 0 N–H and O–H groups in total. The van der Waals surface area contributed by atoms with Gasteiger partial charge >= 0.3 is 0 Å². The lowest BCUT2D eigenvalue weighted by atomic mass is 10.0. The normalized spacial score (nSPS) is 10.6. The van der Waals surface area contributed by atoms with Crippen LogP contribution in [-0.4, -0.2) is 6.61 Å². The molecule has 118 valence electrons. The van der Waals surface area contributed by atoms with Crippen LogP contribution in [-0.2, 0) is 0 Å². The molecule has 0 saturated heterocycles. The van der Waals surface area contributed by atoms with E-state index in [1.54, 1.807) is 0 Å². The quantitative estimate of drug-likeness (QED) is 0.460. The SMILES string of the molecule is CCCCC/C=C/COc1ccc(-c2ccc(C#N)cc2)cc1. The van der Waals surface area contributed by atoms with E-state index in [1.165, 1.54) is 19.3 Å². The predicted molar refractivity (Wildman–Crippen MR) is 95.4 cm³/mol. The number of hydrogen-bond donors (Lipinski definition) is 0. The van der Waals surface area contributed by atoms with Gasteiger partial charge in [0.15, 0.2) is 0 Å². The second-order valence-corrected chi connectivity index (χ2v) is 5.49. The highest BCUT2D eigenvalue weighted by Crippen LogP contribution is 2.22. The molecule has 23 heavy (non-hydrogen) atoms. The first-order chi connectivity index (χ1) is 11.3. The maximum Gasteiger partial charge on any atom is 0.119 e. The molecule has 0 heterocycles. The predicted octanol–water partition coefficient (Wildman–Crippen LogP) is 5.74. The molecule has 0 atom stereocenters. The second kappa shape index (κ2) is 9.48. The van der Waals surface area contributed by atoms with Gasteiger partial charge in [-0.2, -0.15) is 5.26 Å². The van der Waals surface area contributed by atoms with Gasteiger partial charge < -0.3 is 4.74 Å². The highest BCUT2D eigenvalue weighted by atomic mass is 16.5. The van der Waals surface area contributed by atoms with E-state index in [2.05, 4.69) is 25.1 Å². The number of allylic oxidation sites excluding steroid dienone is 1. The van der Waals surface area contributed by atoms with Crippen molar-refractivity contribution in [2.75, 3.05) is 6.61 Å². The Balaban J connectivity index is 1.83. The Hall–Kier alpha value is -2.53. The molecule has 0 aliphatic heterocycles. The van der Waals surface area contributed by atoms with E-state index in [0.29, 0.717) is 12.2 Å². The number of unbranched alkanes of at least 4 members (excludes halogenated alkanes) is 3. The van der Waals surface area contributed by atoms with Crippen molar-refractivity contribution in [3.8, 4) is 22.9 Å². The summed E-state index contributed by atoms with van der Waals surface area (Å²) in [7, 11) is 0. The maximum atomic E-state index is 8.83. The van der Waals surface area contributed by atoms with E-state index in [4.69, 9.17) is 10.00 Å². The first kappa shape index (κ1) is 16.8. The number of benzene rings is 2. The lowest BCUT2D eigenvalue weighted by Gasteiger charge is -2.05. The molecule has 0 unspecified atom stereocenters. The first-order valence-corrected chi connectivity index (χ1v) is 8.22. The number of hydrogen-bond acceptors (Lipinski definition) is 2. The number of nitriles is 1. The van der Waals surface area contributed by atoms with Crippen molar-refractivity contribution in [2.24, 2.45) is 0 Å². The van der Waals surface area contributed by atoms with Crippen molar-refractivity contribution in [2.45, 2.75) is 32.6 Å². The van der Waals surface area contributed by atoms with Gasteiger partial charge in [0.25, 0.3) is 0 Å². The van der Waals surface area contributed by atoms with Crippen LogP contribution in [0.25, 0.3) is 11.1 Å². The third kappa shape index (κ3) is 5.64. The first-order valence-electron chi connectivity index (χ1n) is 8.22. The average Bonchev–Trinajstić information content (AvgIpc) is 2.61. The topological polar surface area (TPSA) is 33.0 Å². The molecule has 2 nitrogen and oxygen atoms in total. The number of rotatable bonds is 8. The minimum absolute atomic E-state index is 0.613. The molecule has 0 radical (unpaired) electrons. The van der Waals surface area contributed by atoms with Crippen LogP contribution in [0.15, 0.2) is 60.7 Å². The smallest absolute Gasteiger partial charge is 0.119 e. The van der Waals surface area contributed by atoms with E-state index in [9.17, 15) is 0 Å². The Bertz CT molecular complexity index is 648. The van der Waals surface area contributed by atoms with Crippen LogP contribution < -0.4 is 4.74 Å². The van der Waals surface area contributed by atoms with Crippen LogP contribution in [0.5, 0.6) is 5.75 Å². The molecule has 2 aromatic rings. The van der Waals surface area contributed by atoms with Gasteiger partial charge in [-0.1, -0.05) is 56.2 Å². The summed E-state index contributed by atoms with van der Waals surface area (Å²) in [6, 6.07) is 17.8. The maximum absolute atomic E-state index is 8.83. The van der Waals surface area contributed by atoms with Gasteiger partial charge in [-0.25, -0.2) is 0 Å². The average molecular weight is 305 g/mol. The van der Waals surface area contributed by atoms with Gasteiger partial charge in [0.05, 0.1) is 11.6 Å². The molecule has 0 saturated carbocycles. The van der Waals surface area contributed by atoms with Crippen LogP contribution >= 0.6 is 0 Å². The van der Waals surface area contributed by atoms with Crippen LogP contribution in [0.1, 0.15) is 38.2 Å². The third-order valence-electron chi connectivity index (χ3n) is 3.69. The highest BCUT2D eigenvalue weighted by molar-refractivity contribution is 5.64. The largest absolute Gasteiger partial charge is 0.490 e. The van der Waals surface area contributed by atoms with Gasteiger partial charge in [-0.3, -0.25) is 0 Å². The fourth-order valence-corrected chi connectivity index (χ4v) is 2.32. The lowest BCUT2D eigenvalue weighted by Crippen LogP contribution is -1.93. The molecule has 0 bridgehead atoms. The van der Waals surface area contributed by atoms with Crippen LogP contribution in [0.2, 0.25) is 0 Å². The van der Waals surface area contributed by atoms with Crippen molar-refractivity contribution in [1.82, 2.24) is 0 Å². The fourth-order valence-electron chi connectivity index (χ4n) is 2.32. The lowest BCUT2D eigenvalue weighted by molar-refractivity contribution is 0.362. The van der Waals surface area contributed by atoms with Crippen LogP contribution in [0, 0.1) is 11.3 Å². The zero-order chi connectivity index (χ0) is 16.3. The van der Waals surface area contributed by atoms with Gasteiger partial charge in [-0.15, -0.1) is 0 Å². The van der Waals surface area contributed by atoms with E-state index in [-0.39, 0.29) is 0 Å². The standard InChI is InChI=1S/C21H23NO/c1-2-3-4-5-6-7-16-23-21-14-12-20(13-15-21)19-10-8-18(17-22)9-11-19/h6-15H,2-5,16H2,1H3/b7-6+. The summed E-state index contributed by atoms with van der Waals surface area (Å²) < 4.78 is 5.71. The minimum atomic E-state index is 0.613. The molecule has 0 spiro atoms. The number of nitrogens with zero attached hydrogens (tertiary/aromatic N) is 1. The summed E-state index contributed by atoms with van der Waals surface area (Å²) in [5.41, 5.74) is 2.91. The van der Waals surface area contributed by atoms with Crippen molar-refractivity contribution in [3.05, 3.63) is 66.2 Å². The van der Waals surface area contributed by atoms with Crippen LogP contribution in [0.3, 0.4) is 0 Å². The van der Waals surface area contributed by atoms with Gasteiger partial charge in [0.1, 0.15) is 12.4 Å². The molecule has 0 fully saturated rings. The van der Waals surface area contributed by atoms with Gasteiger partial charge in [0, 0.05) is 0 Å². The zero-order valence-corrected chi connectivity index (χ0v) is 13.7. The van der Waals surface area contributed by atoms with Crippen molar-refractivity contribution in [3.63, 3.8) is 0 Å². The Morgan fingerprint density at radius 1 is 0.913 bits per heavy atom. The van der Waals surface area contributed by atoms with E-state index >= 15 is 0 Å². The molecular weight excluding hydrogens is 282 g/mol. The summed E-state index contributed by atoms with van der Waals surface area (Å²) >= 11 is 0. The Morgan fingerprint density at radius 3 is 2.17 bits per heavy atom. The summed E-state index contributed by atoms with van der Waals surface area (Å²) in [4.78, 5) is 0. The van der Waals surface area contributed by atoms with Gasteiger partial charge in [-0.05, 0) is 48.2 Å². The monoisotopic (exact) mass is 305 g/mol.